The quantitative estimate of drug-likeness (QED) is 0.830. The molecule has 1 N–H and O–H groups in total. The van der Waals surface area contributed by atoms with Gasteiger partial charge in [0.2, 0.25) is 0 Å². The summed E-state index contributed by atoms with van der Waals surface area (Å²) < 4.78 is 0. The molecule has 4 nitrogen and oxygen atoms in total. The van der Waals surface area contributed by atoms with E-state index in [9.17, 15) is 0 Å². The first-order valence-corrected chi connectivity index (χ1v) is 6.00. The van der Waals surface area contributed by atoms with Gasteiger partial charge in [-0.3, -0.25) is 0 Å². The van der Waals surface area contributed by atoms with Gasteiger partial charge in [-0.1, -0.05) is 0 Å². The number of rotatable bonds is 2. The molecule has 1 aromatic rings. The Morgan fingerprint density at radius 3 is 2.56 bits per heavy atom. The molecule has 1 aliphatic heterocycles. The Labute approximate surface area is 97.1 Å². The average molecular weight is 220 g/mol. The number of hydrogen-bond acceptors (Lipinski definition) is 4. The first-order chi connectivity index (χ1) is 7.72. The fourth-order valence-electron chi connectivity index (χ4n) is 2.50. The van der Waals surface area contributed by atoms with Crippen LogP contribution in [-0.2, 0) is 0 Å². The molecule has 4 heteroatoms. The van der Waals surface area contributed by atoms with E-state index in [1.54, 1.807) is 6.33 Å². The van der Waals surface area contributed by atoms with Crippen molar-refractivity contribution in [3.8, 4) is 0 Å². The summed E-state index contributed by atoms with van der Waals surface area (Å²) in [5.41, 5.74) is 0. The van der Waals surface area contributed by atoms with Crippen molar-refractivity contribution in [3.63, 3.8) is 0 Å². The van der Waals surface area contributed by atoms with Crippen LogP contribution < -0.4 is 10.2 Å². The third kappa shape index (κ3) is 2.10. The SMILES string of the molecule is CNc1cc(N2[C@H](C)CCC[C@H]2C)ncn1. The smallest absolute Gasteiger partial charge is 0.134 e. The van der Waals surface area contributed by atoms with Gasteiger partial charge in [0, 0.05) is 25.2 Å². The minimum Gasteiger partial charge on any atom is -0.373 e. The molecule has 0 bridgehead atoms. The molecule has 0 aromatic carbocycles. The highest BCUT2D eigenvalue weighted by Gasteiger charge is 2.25. The van der Waals surface area contributed by atoms with Crippen LogP contribution in [0.2, 0.25) is 0 Å². The molecule has 0 spiro atoms. The second kappa shape index (κ2) is 4.68. The lowest BCUT2D eigenvalue weighted by Crippen LogP contribution is -2.44. The zero-order valence-corrected chi connectivity index (χ0v) is 10.3. The van der Waals surface area contributed by atoms with Gasteiger partial charge in [0.1, 0.15) is 18.0 Å². The van der Waals surface area contributed by atoms with Gasteiger partial charge in [0.05, 0.1) is 0 Å². The number of nitrogens with one attached hydrogen (secondary N) is 1. The summed E-state index contributed by atoms with van der Waals surface area (Å²) >= 11 is 0. The lowest BCUT2D eigenvalue weighted by molar-refractivity contribution is 0.411. The summed E-state index contributed by atoms with van der Waals surface area (Å²) in [5, 5.41) is 3.06. The molecule has 16 heavy (non-hydrogen) atoms. The van der Waals surface area contributed by atoms with Gasteiger partial charge in [-0.15, -0.1) is 0 Å². The molecular formula is C12H20N4. The van der Waals surface area contributed by atoms with Crippen molar-refractivity contribution in [2.75, 3.05) is 17.3 Å². The van der Waals surface area contributed by atoms with E-state index in [0.29, 0.717) is 12.1 Å². The molecule has 0 aliphatic carbocycles. The van der Waals surface area contributed by atoms with Crippen molar-refractivity contribution < 1.29 is 0 Å². The van der Waals surface area contributed by atoms with Crippen LogP contribution in [0, 0.1) is 0 Å². The Morgan fingerprint density at radius 1 is 1.25 bits per heavy atom. The molecule has 1 aliphatic rings. The Kier molecular flexibility index (Phi) is 3.27. The molecule has 0 saturated carbocycles. The van der Waals surface area contributed by atoms with Crippen molar-refractivity contribution in [3.05, 3.63) is 12.4 Å². The molecule has 0 unspecified atom stereocenters. The highest BCUT2D eigenvalue weighted by atomic mass is 15.2. The Balaban J connectivity index is 2.26. The van der Waals surface area contributed by atoms with E-state index in [0.717, 1.165) is 11.6 Å². The van der Waals surface area contributed by atoms with E-state index in [1.807, 2.05) is 13.1 Å². The lowest BCUT2D eigenvalue weighted by atomic mass is 9.97. The fraction of sp³-hybridized carbons (Fsp3) is 0.667. The molecule has 2 rings (SSSR count). The van der Waals surface area contributed by atoms with E-state index in [4.69, 9.17) is 0 Å². The summed E-state index contributed by atoms with van der Waals surface area (Å²) in [6.45, 7) is 4.55. The van der Waals surface area contributed by atoms with Crippen LogP contribution in [0.3, 0.4) is 0 Å². The van der Waals surface area contributed by atoms with Gasteiger partial charge < -0.3 is 10.2 Å². The van der Waals surface area contributed by atoms with Crippen LogP contribution in [0.4, 0.5) is 11.6 Å². The van der Waals surface area contributed by atoms with E-state index in [-0.39, 0.29) is 0 Å². The van der Waals surface area contributed by atoms with Crippen molar-refractivity contribution in [1.29, 1.82) is 0 Å². The van der Waals surface area contributed by atoms with Gasteiger partial charge in [-0.05, 0) is 33.1 Å². The van der Waals surface area contributed by atoms with Crippen LogP contribution in [0.5, 0.6) is 0 Å². The summed E-state index contributed by atoms with van der Waals surface area (Å²) in [4.78, 5) is 10.9. The van der Waals surface area contributed by atoms with Gasteiger partial charge in [0.15, 0.2) is 0 Å². The Hall–Kier alpha value is -1.32. The predicted octanol–water partition coefficient (Wildman–Crippen LogP) is 2.29. The van der Waals surface area contributed by atoms with Crippen molar-refractivity contribution in [1.82, 2.24) is 9.97 Å². The molecular weight excluding hydrogens is 200 g/mol. The second-order valence-corrected chi connectivity index (χ2v) is 4.55. The van der Waals surface area contributed by atoms with Gasteiger partial charge in [-0.2, -0.15) is 0 Å². The molecule has 2 heterocycles. The van der Waals surface area contributed by atoms with Crippen molar-refractivity contribution in [2.45, 2.75) is 45.2 Å². The maximum absolute atomic E-state index is 4.39. The molecule has 0 amide bonds. The fourth-order valence-corrected chi connectivity index (χ4v) is 2.50. The van der Waals surface area contributed by atoms with Crippen LogP contribution >= 0.6 is 0 Å². The molecule has 2 atom stereocenters. The number of nitrogens with zero attached hydrogens (tertiary/aromatic N) is 3. The second-order valence-electron chi connectivity index (χ2n) is 4.55. The Bertz CT molecular complexity index is 343. The van der Waals surface area contributed by atoms with Crippen molar-refractivity contribution in [2.24, 2.45) is 0 Å². The minimum absolute atomic E-state index is 0.573. The summed E-state index contributed by atoms with van der Waals surface area (Å²) in [5.74, 6) is 1.93. The molecule has 1 fully saturated rings. The molecule has 1 saturated heterocycles. The highest BCUT2D eigenvalue weighted by molar-refractivity contribution is 5.49. The first kappa shape index (κ1) is 11.2. The van der Waals surface area contributed by atoms with E-state index >= 15 is 0 Å². The zero-order chi connectivity index (χ0) is 11.5. The zero-order valence-electron chi connectivity index (χ0n) is 10.3. The topological polar surface area (TPSA) is 41.0 Å². The average Bonchev–Trinajstić information content (AvgIpc) is 2.29. The van der Waals surface area contributed by atoms with E-state index in [2.05, 4.69) is 34.0 Å². The van der Waals surface area contributed by atoms with Gasteiger partial charge >= 0.3 is 0 Å². The normalized spacial score (nSPS) is 25.6. The standard InChI is InChI=1S/C12H20N4/c1-9-5-4-6-10(2)16(9)12-7-11(13-3)14-8-15-12/h7-10H,4-6H2,1-3H3,(H,13,14,15)/t9-,10-/m1/s1. The summed E-state index contributed by atoms with van der Waals surface area (Å²) in [6.07, 6.45) is 5.46. The molecule has 88 valence electrons. The van der Waals surface area contributed by atoms with Gasteiger partial charge in [0.25, 0.3) is 0 Å². The third-order valence-corrected chi connectivity index (χ3v) is 3.37. The lowest BCUT2D eigenvalue weighted by Gasteiger charge is -2.40. The number of anilines is 2. The van der Waals surface area contributed by atoms with Crippen molar-refractivity contribution >= 4 is 11.6 Å². The monoisotopic (exact) mass is 220 g/mol. The van der Waals surface area contributed by atoms with E-state index in [1.165, 1.54) is 19.3 Å². The maximum Gasteiger partial charge on any atom is 0.134 e. The van der Waals surface area contributed by atoms with Crippen LogP contribution in [0.1, 0.15) is 33.1 Å². The summed E-state index contributed by atoms with van der Waals surface area (Å²) in [7, 11) is 1.88. The molecule has 0 radical (unpaired) electrons. The first-order valence-electron chi connectivity index (χ1n) is 6.00. The Morgan fingerprint density at radius 2 is 1.94 bits per heavy atom. The van der Waals surface area contributed by atoms with E-state index < -0.39 is 0 Å². The largest absolute Gasteiger partial charge is 0.373 e. The summed E-state index contributed by atoms with van der Waals surface area (Å²) in [6, 6.07) is 3.17. The van der Waals surface area contributed by atoms with Crippen LogP contribution in [-0.4, -0.2) is 29.1 Å². The van der Waals surface area contributed by atoms with Crippen LogP contribution in [0.25, 0.3) is 0 Å². The van der Waals surface area contributed by atoms with Gasteiger partial charge in [-0.25, -0.2) is 9.97 Å². The maximum atomic E-state index is 4.39. The molecule has 1 aromatic heterocycles. The highest BCUT2D eigenvalue weighted by Crippen LogP contribution is 2.28. The number of aromatic nitrogens is 2. The minimum atomic E-state index is 0.573. The predicted molar refractivity (Wildman–Crippen MR) is 66.8 cm³/mol. The third-order valence-electron chi connectivity index (χ3n) is 3.37. The number of hydrogen-bond donors (Lipinski definition) is 1. The number of piperidine rings is 1. The van der Waals surface area contributed by atoms with Crippen LogP contribution in [0.15, 0.2) is 12.4 Å².